The maximum Gasteiger partial charge on any atom is 0.338 e. The fourth-order valence-electron chi connectivity index (χ4n) is 2.91. The number of esters is 2. The molecule has 0 aliphatic rings. The van der Waals surface area contributed by atoms with Crippen molar-refractivity contribution >= 4 is 29.1 Å². The maximum absolute atomic E-state index is 12.3. The Morgan fingerprint density at radius 1 is 0.848 bits per heavy atom. The van der Waals surface area contributed by atoms with Gasteiger partial charge in [0.05, 0.1) is 23.2 Å². The molecule has 0 atom stereocenters. The predicted molar refractivity (Wildman–Crippen MR) is 119 cm³/mol. The molecule has 33 heavy (non-hydrogen) atoms. The number of nitrogen functional groups attached to an aromatic ring is 1. The number of hydrogen-bond donors (Lipinski definition) is 2. The van der Waals surface area contributed by atoms with Crippen LogP contribution in [0.3, 0.4) is 0 Å². The number of fused-ring (bicyclic) bond motifs is 1. The van der Waals surface area contributed by atoms with Crippen LogP contribution in [-0.4, -0.2) is 51.7 Å². The van der Waals surface area contributed by atoms with Crippen LogP contribution in [0.2, 0.25) is 0 Å². The molecule has 168 valence electrons. The Labute approximate surface area is 188 Å². The molecule has 10 nitrogen and oxygen atoms in total. The molecule has 0 spiro atoms. The van der Waals surface area contributed by atoms with Crippen LogP contribution in [0.1, 0.15) is 20.7 Å². The van der Waals surface area contributed by atoms with Gasteiger partial charge in [0.15, 0.2) is 5.65 Å². The molecule has 0 fully saturated rings. The lowest BCUT2D eigenvalue weighted by Gasteiger charge is -2.17. The number of aromatic nitrogens is 4. The Bertz CT molecular complexity index is 1170. The Kier molecular flexibility index (Phi) is 6.74. The van der Waals surface area contributed by atoms with Crippen molar-refractivity contribution in [3.8, 4) is 6.01 Å². The van der Waals surface area contributed by atoms with Crippen LogP contribution < -0.4 is 10.5 Å². The predicted octanol–water partition coefficient (Wildman–Crippen LogP) is 2.64. The summed E-state index contributed by atoms with van der Waals surface area (Å²) in [5.41, 5.74) is 7.34. The number of nitrogens with one attached hydrogen (secondary N) is 1. The smallest absolute Gasteiger partial charge is 0.338 e. The Morgan fingerprint density at radius 3 is 2.00 bits per heavy atom. The van der Waals surface area contributed by atoms with Gasteiger partial charge in [0.25, 0.3) is 6.01 Å². The normalized spacial score (nSPS) is 10.8. The van der Waals surface area contributed by atoms with E-state index in [0.29, 0.717) is 22.3 Å². The second-order valence-corrected chi connectivity index (χ2v) is 7.11. The fourth-order valence-corrected chi connectivity index (χ4v) is 2.91. The molecule has 0 unspecified atom stereocenters. The molecule has 0 aliphatic carbocycles. The number of benzene rings is 2. The van der Waals surface area contributed by atoms with Crippen LogP contribution in [0, 0.1) is 5.92 Å². The number of nitrogens with two attached hydrogens (primary N) is 1. The first-order chi connectivity index (χ1) is 16.1. The van der Waals surface area contributed by atoms with E-state index < -0.39 is 17.9 Å². The van der Waals surface area contributed by atoms with Crippen molar-refractivity contribution in [1.29, 1.82) is 0 Å². The number of hydrogen-bond acceptors (Lipinski definition) is 9. The van der Waals surface area contributed by atoms with Crippen LogP contribution in [0.15, 0.2) is 66.9 Å². The molecular formula is C23H21N5O5. The molecule has 2 heterocycles. The van der Waals surface area contributed by atoms with Gasteiger partial charge in [0, 0.05) is 0 Å². The third-order valence-electron chi connectivity index (χ3n) is 4.61. The molecule has 0 saturated carbocycles. The lowest BCUT2D eigenvalue weighted by Crippen LogP contribution is -2.26. The number of rotatable bonds is 9. The molecule has 0 saturated heterocycles. The first-order valence-electron chi connectivity index (χ1n) is 10.1. The van der Waals surface area contributed by atoms with Gasteiger partial charge in [0.1, 0.15) is 25.3 Å². The molecule has 10 heteroatoms. The number of carbonyl (C=O) groups excluding carboxylic acids is 2. The second kappa shape index (κ2) is 10.2. The number of aromatic amines is 1. The lowest BCUT2D eigenvalue weighted by molar-refractivity contribution is 0.0179. The highest BCUT2D eigenvalue weighted by atomic mass is 16.6. The van der Waals surface area contributed by atoms with E-state index in [-0.39, 0.29) is 31.8 Å². The molecular weight excluding hydrogens is 426 g/mol. The third kappa shape index (κ3) is 5.82. The van der Waals surface area contributed by atoms with E-state index >= 15 is 0 Å². The summed E-state index contributed by atoms with van der Waals surface area (Å²) in [6, 6.07) is 17.4. The van der Waals surface area contributed by atoms with E-state index in [0.717, 1.165) is 0 Å². The van der Waals surface area contributed by atoms with Crippen molar-refractivity contribution < 1.29 is 23.8 Å². The molecule has 0 radical (unpaired) electrons. The molecule has 2 aromatic carbocycles. The summed E-state index contributed by atoms with van der Waals surface area (Å²) in [7, 11) is 0. The third-order valence-corrected chi connectivity index (χ3v) is 4.61. The van der Waals surface area contributed by atoms with Crippen molar-refractivity contribution in [3.63, 3.8) is 0 Å². The number of ether oxygens (including phenoxy) is 3. The number of imidazole rings is 1. The van der Waals surface area contributed by atoms with Crippen molar-refractivity contribution in [2.24, 2.45) is 5.92 Å². The van der Waals surface area contributed by atoms with Crippen LogP contribution in [0.4, 0.5) is 5.95 Å². The van der Waals surface area contributed by atoms with Gasteiger partial charge in [-0.25, -0.2) is 14.6 Å². The van der Waals surface area contributed by atoms with Crippen molar-refractivity contribution in [1.82, 2.24) is 19.9 Å². The van der Waals surface area contributed by atoms with Crippen molar-refractivity contribution in [2.45, 2.75) is 0 Å². The van der Waals surface area contributed by atoms with Gasteiger partial charge in [-0.3, -0.25) is 0 Å². The van der Waals surface area contributed by atoms with Gasteiger partial charge in [-0.1, -0.05) is 36.4 Å². The van der Waals surface area contributed by atoms with Gasteiger partial charge in [-0.05, 0) is 24.3 Å². The van der Waals surface area contributed by atoms with Crippen LogP contribution >= 0.6 is 0 Å². The quantitative estimate of drug-likeness (QED) is 0.370. The van der Waals surface area contributed by atoms with E-state index in [9.17, 15) is 9.59 Å². The molecule has 0 aliphatic heterocycles. The zero-order valence-corrected chi connectivity index (χ0v) is 17.5. The van der Waals surface area contributed by atoms with E-state index in [1.165, 1.54) is 6.20 Å². The standard InChI is InChI=1S/C23H21N5O5/c24-22-25-11-18-19(27-22)28-23(26-18)33-14-15(12-31-20(29)16-7-3-1-4-8-16)13-32-21(30)17-9-5-2-6-10-17/h1-11,15H,12-14H2,(H3,24,25,26,27,28). The Hall–Kier alpha value is -4.47. The molecule has 0 bridgehead atoms. The highest BCUT2D eigenvalue weighted by Gasteiger charge is 2.19. The zero-order valence-electron chi connectivity index (χ0n) is 17.5. The second-order valence-electron chi connectivity index (χ2n) is 7.11. The lowest BCUT2D eigenvalue weighted by atomic mass is 10.2. The minimum Gasteiger partial charge on any atom is -0.464 e. The maximum atomic E-state index is 12.3. The van der Waals surface area contributed by atoms with E-state index in [1.54, 1.807) is 48.5 Å². The topological polar surface area (TPSA) is 142 Å². The van der Waals surface area contributed by atoms with Crippen molar-refractivity contribution in [2.75, 3.05) is 25.6 Å². The van der Waals surface area contributed by atoms with Crippen LogP contribution in [0.5, 0.6) is 6.01 Å². The van der Waals surface area contributed by atoms with E-state index in [1.807, 2.05) is 12.1 Å². The van der Waals surface area contributed by atoms with Gasteiger partial charge in [-0.2, -0.15) is 9.97 Å². The summed E-state index contributed by atoms with van der Waals surface area (Å²) < 4.78 is 16.5. The highest BCUT2D eigenvalue weighted by molar-refractivity contribution is 5.89. The van der Waals surface area contributed by atoms with E-state index in [4.69, 9.17) is 19.9 Å². The minimum atomic E-state index is -0.482. The summed E-state index contributed by atoms with van der Waals surface area (Å²) >= 11 is 0. The first kappa shape index (κ1) is 21.8. The number of carbonyl (C=O) groups is 2. The average Bonchev–Trinajstić information content (AvgIpc) is 3.26. The Balaban J connectivity index is 1.40. The Morgan fingerprint density at radius 2 is 1.42 bits per heavy atom. The zero-order chi connectivity index (χ0) is 23.0. The minimum absolute atomic E-state index is 0.0250. The number of nitrogens with zero attached hydrogens (tertiary/aromatic N) is 3. The molecule has 2 aromatic heterocycles. The SMILES string of the molecule is Nc1ncc2[nH]c(OCC(COC(=O)c3ccccc3)COC(=O)c3ccccc3)nc2n1. The van der Waals surface area contributed by atoms with Gasteiger partial charge in [-0.15, -0.1) is 0 Å². The number of anilines is 1. The largest absolute Gasteiger partial charge is 0.464 e. The molecule has 4 aromatic rings. The average molecular weight is 447 g/mol. The summed E-state index contributed by atoms with van der Waals surface area (Å²) in [5.74, 6) is -1.32. The van der Waals surface area contributed by atoms with E-state index in [2.05, 4.69) is 19.9 Å². The summed E-state index contributed by atoms with van der Waals surface area (Å²) in [4.78, 5) is 39.7. The van der Waals surface area contributed by atoms with Crippen LogP contribution in [-0.2, 0) is 9.47 Å². The van der Waals surface area contributed by atoms with Gasteiger partial charge >= 0.3 is 11.9 Å². The van der Waals surface area contributed by atoms with Crippen molar-refractivity contribution in [3.05, 3.63) is 78.0 Å². The van der Waals surface area contributed by atoms with Gasteiger partial charge in [0.2, 0.25) is 5.95 Å². The number of H-pyrrole nitrogens is 1. The van der Waals surface area contributed by atoms with Crippen LogP contribution in [0.25, 0.3) is 11.2 Å². The summed E-state index contributed by atoms with van der Waals surface area (Å²) in [5, 5.41) is 0. The highest BCUT2D eigenvalue weighted by Crippen LogP contribution is 2.15. The molecule has 0 amide bonds. The van der Waals surface area contributed by atoms with Gasteiger partial charge < -0.3 is 24.9 Å². The molecule has 4 rings (SSSR count). The molecule has 3 N–H and O–H groups in total. The summed E-state index contributed by atoms with van der Waals surface area (Å²) in [6.45, 7) is 0.0123. The first-order valence-corrected chi connectivity index (χ1v) is 10.1. The summed E-state index contributed by atoms with van der Waals surface area (Å²) in [6.07, 6.45) is 1.50. The monoisotopic (exact) mass is 447 g/mol. The fraction of sp³-hybridized carbons (Fsp3) is 0.174.